The molecule has 0 fully saturated rings. The van der Waals surface area contributed by atoms with Gasteiger partial charge in [-0.25, -0.2) is 4.68 Å². The van der Waals surface area contributed by atoms with Crippen molar-refractivity contribution in [1.82, 2.24) is 39.9 Å². The first kappa shape index (κ1) is 22.8. The first-order valence-corrected chi connectivity index (χ1v) is 11.3. The molecule has 4 heterocycles. The number of hydrogen-bond donors (Lipinski definition) is 1. The molecular formula is C25H22N8O3. The standard InChI is InChI=1S/C25H22N8O3/c1-17(32-23(34)10-7-20(30-32)18-11-13-26-14-12-18)25(35)27-15-16-36-22-9-8-21-28-29-24(33(21)31-22)19-5-3-2-4-6-19/h2-14,17H,15-16H2,1H3,(H,27,35). The lowest BCUT2D eigenvalue weighted by atomic mass is 10.2. The third-order valence-electron chi connectivity index (χ3n) is 5.47. The summed E-state index contributed by atoms with van der Waals surface area (Å²) < 4.78 is 8.49. The van der Waals surface area contributed by atoms with E-state index in [9.17, 15) is 9.59 Å². The normalized spacial score (nSPS) is 11.8. The van der Waals surface area contributed by atoms with Crippen LogP contribution in [0.25, 0.3) is 28.3 Å². The van der Waals surface area contributed by atoms with Crippen molar-refractivity contribution in [2.75, 3.05) is 13.2 Å². The van der Waals surface area contributed by atoms with E-state index in [1.54, 1.807) is 54.2 Å². The van der Waals surface area contributed by atoms with Gasteiger partial charge in [0.15, 0.2) is 11.5 Å². The number of carbonyl (C=O) groups excluding carboxylic acids is 1. The van der Waals surface area contributed by atoms with Gasteiger partial charge in [-0.05, 0) is 31.2 Å². The van der Waals surface area contributed by atoms with Crippen LogP contribution in [0, 0.1) is 0 Å². The van der Waals surface area contributed by atoms with E-state index < -0.39 is 6.04 Å². The molecule has 1 N–H and O–H groups in total. The van der Waals surface area contributed by atoms with Crippen LogP contribution in [0.5, 0.6) is 5.88 Å². The lowest BCUT2D eigenvalue weighted by Gasteiger charge is -2.15. The molecule has 180 valence electrons. The number of ether oxygens (including phenoxy) is 1. The summed E-state index contributed by atoms with van der Waals surface area (Å²) in [6, 6.07) is 18.8. The van der Waals surface area contributed by atoms with Crippen LogP contribution in [0.1, 0.15) is 13.0 Å². The zero-order valence-electron chi connectivity index (χ0n) is 19.4. The van der Waals surface area contributed by atoms with Crippen molar-refractivity contribution in [2.24, 2.45) is 0 Å². The number of pyridine rings is 1. The average molecular weight is 483 g/mol. The lowest BCUT2D eigenvalue weighted by Crippen LogP contribution is -2.38. The van der Waals surface area contributed by atoms with E-state index in [0.29, 0.717) is 23.0 Å². The van der Waals surface area contributed by atoms with Gasteiger partial charge in [0.25, 0.3) is 5.56 Å². The number of fused-ring (bicyclic) bond motifs is 1. The van der Waals surface area contributed by atoms with Crippen molar-refractivity contribution in [3.8, 4) is 28.5 Å². The minimum atomic E-state index is -0.806. The average Bonchev–Trinajstić information content (AvgIpc) is 3.35. The van der Waals surface area contributed by atoms with Gasteiger partial charge in [0, 0.05) is 35.7 Å². The molecule has 11 nitrogen and oxygen atoms in total. The van der Waals surface area contributed by atoms with E-state index in [2.05, 4.69) is 30.7 Å². The summed E-state index contributed by atoms with van der Waals surface area (Å²) in [6.07, 6.45) is 3.28. The number of nitrogens with one attached hydrogen (secondary N) is 1. The Labute approximate surface area is 205 Å². The molecule has 0 aliphatic rings. The highest BCUT2D eigenvalue weighted by molar-refractivity contribution is 5.79. The van der Waals surface area contributed by atoms with Crippen molar-refractivity contribution in [3.63, 3.8) is 0 Å². The molecule has 0 aliphatic carbocycles. The maximum atomic E-state index is 12.7. The maximum Gasteiger partial charge on any atom is 0.267 e. The monoisotopic (exact) mass is 482 g/mol. The van der Waals surface area contributed by atoms with E-state index in [1.807, 2.05) is 30.3 Å². The van der Waals surface area contributed by atoms with Gasteiger partial charge in [-0.2, -0.15) is 9.61 Å². The smallest absolute Gasteiger partial charge is 0.267 e. The SMILES string of the molecule is CC(C(=O)NCCOc1ccc2nnc(-c3ccccc3)n2n1)n1nc(-c2ccncc2)ccc1=O. The van der Waals surface area contributed by atoms with E-state index >= 15 is 0 Å². The van der Waals surface area contributed by atoms with Crippen LogP contribution in [0.4, 0.5) is 0 Å². The van der Waals surface area contributed by atoms with Gasteiger partial charge in [0.2, 0.25) is 11.8 Å². The molecular weight excluding hydrogens is 460 g/mol. The fourth-order valence-corrected chi connectivity index (χ4v) is 3.58. The van der Waals surface area contributed by atoms with Crippen LogP contribution >= 0.6 is 0 Å². The fourth-order valence-electron chi connectivity index (χ4n) is 3.58. The molecule has 0 spiro atoms. The second-order valence-electron chi connectivity index (χ2n) is 7.88. The Morgan fingerprint density at radius 2 is 1.75 bits per heavy atom. The van der Waals surface area contributed by atoms with Gasteiger partial charge in [-0.1, -0.05) is 30.3 Å². The number of aromatic nitrogens is 7. The largest absolute Gasteiger partial charge is 0.475 e. The van der Waals surface area contributed by atoms with E-state index in [0.717, 1.165) is 11.1 Å². The number of rotatable bonds is 8. The molecule has 36 heavy (non-hydrogen) atoms. The van der Waals surface area contributed by atoms with Crippen molar-refractivity contribution in [1.29, 1.82) is 0 Å². The van der Waals surface area contributed by atoms with E-state index in [-0.39, 0.29) is 24.6 Å². The van der Waals surface area contributed by atoms with Crippen LogP contribution in [-0.4, -0.2) is 53.6 Å². The van der Waals surface area contributed by atoms with Crippen molar-refractivity contribution in [2.45, 2.75) is 13.0 Å². The predicted molar refractivity (Wildman–Crippen MR) is 131 cm³/mol. The van der Waals surface area contributed by atoms with Gasteiger partial charge in [-0.3, -0.25) is 14.6 Å². The van der Waals surface area contributed by atoms with Crippen molar-refractivity contribution < 1.29 is 9.53 Å². The highest BCUT2D eigenvalue weighted by Crippen LogP contribution is 2.18. The molecule has 1 amide bonds. The van der Waals surface area contributed by atoms with Crippen LogP contribution in [0.15, 0.2) is 83.9 Å². The summed E-state index contributed by atoms with van der Waals surface area (Å²) in [7, 11) is 0. The molecule has 0 radical (unpaired) electrons. The molecule has 0 aliphatic heterocycles. The quantitative estimate of drug-likeness (QED) is 0.333. The zero-order chi connectivity index (χ0) is 24.9. The van der Waals surface area contributed by atoms with Gasteiger partial charge in [0.1, 0.15) is 12.6 Å². The molecule has 1 unspecified atom stereocenters. The summed E-state index contributed by atoms with van der Waals surface area (Å²) in [5.41, 5.74) is 2.48. The Morgan fingerprint density at radius 1 is 0.944 bits per heavy atom. The third-order valence-corrected chi connectivity index (χ3v) is 5.47. The zero-order valence-corrected chi connectivity index (χ0v) is 19.4. The lowest BCUT2D eigenvalue weighted by molar-refractivity contribution is -0.124. The molecule has 5 aromatic rings. The second-order valence-corrected chi connectivity index (χ2v) is 7.88. The number of nitrogens with zero attached hydrogens (tertiary/aromatic N) is 7. The summed E-state index contributed by atoms with van der Waals surface area (Å²) in [5, 5.41) is 19.9. The first-order valence-electron chi connectivity index (χ1n) is 11.3. The van der Waals surface area contributed by atoms with Crippen LogP contribution < -0.4 is 15.6 Å². The minimum Gasteiger partial charge on any atom is -0.475 e. The highest BCUT2D eigenvalue weighted by atomic mass is 16.5. The fraction of sp³-hybridized carbons (Fsp3) is 0.160. The van der Waals surface area contributed by atoms with Crippen molar-refractivity contribution in [3.05, 3.63) is 89.5 Å². The summed E-state index contributed by atoms with van der Waals surface area (Å²) in [6.45, 7) is 2.02. The number of benzene rings is 1. The van der Waals surface area contributed by atoms with Crippen LogP contribution in [0.2, 0.25) is 0 Å². The Hall–Kier alpha value is -4.93. The summed E-state index contributed by atoms with van der Waals surface area (Å²) in [5.74, 6) is 0.614. The van der Waals surface area contributed by atoms with Gasteiger partial charge >= 0.3 is 0 Å². The van der Waals surface area contributed by atoms with E-state index in [4.69, 9.17) is 4.74 Å². The number of hydrogen-bond acceptors (Lipinski definition) is 8. The Balaban J connectivity index is 1.21. The first-order chi connectivity index (χ1) is 17.6. The molecule has 1 aromatic carbocycles. The molecule has 0 bridgehead atoms. The van der Waals surface area contributed by atoms with Crippen LogP contribution in [0.3, 0.4) is 0 Å². The molecule has 5 rings (SSSR count). The highest BCUT2D eigenvalue weighted by Gasteiger charge is 2.18. The van der Waals surface area contributed by atoms with Crippen LogP contribution in [-0.2, 0) is 4.79 Å². The molecule has 1 atom stereocenters. The topological polar surface area (TPSA) is 129 Å². The summed E-state index contributed by atoms with van der Waals surface area (Å²) in [4.78, 5) is 29.0. The minimum absolute atomic E-state index is 0.180. The number of carbonyl (C=O) groups is 1. The summed E-state index contributed by atoms with van der Waals surface area (Å²) >= 11 is 0. The van der Waals surface area contributed by atoms with Gasteiger partial charge < -0.3 is 10.1 Å². The maximum absolute atomic E-state index is 12.7. The molecule has 4 aromatic heterocycles. The Morgan fingerprint density at radius 3 is 2.56 bits per heavy atom. The Kier molecular flexibility index (Phi) is 6.43. The predicted octanol–water partition coefficient (Wildman–Crippen LogP) is 2.17. The number of amides is 1. The second kappa shape index (κ2) is 10.1. The third kappa shape index (κ3) is 4.80. The Bertz CT molecular complexity index is 1550. The molecule has 11 heteroatoms. The van der Waals surface area contributed by atoms with E-state index in [1.165, 1.54) is 10.7 Å². The van der Waals surface area contributed by atoms with Gasteiger partial charge in [0.05, 0.1) is 12.2 Å². The molecule has 0 saturated carbocycles. The van der Waals surface area contributed by atoms with Gasteiger partial charge in [-0.15, -0.1) is 15.3 Å². The molecule has 0 saturated heterocycles. The van der Waals surface area contributed by atoms with Crippen molar-refractivity contribution >= 4 is 11.6 Å².